The molecule has 0 aliphatic heterocycles. The number of rotatable bonds is 5. The topological polar surface area (TPSA) is 86.1 Å². The first-order chi connectivity index (χ1) is 8.45. The maximum Gasteiger partial charge on any atom is 0.250 e. The van der Waals surface area contributed by atoms with Crippen molar-refractivity contribution in [3.05, 3.63) is 27.5 Å². The smallest absolute Gasteiger partial charge is 0.250 e. The van der Waals surface area contributed by atoms with E-state index in [2.05, 4.69) is 11.1 Å². The number of aromatic nitrogens is 1. The fourth-order valence-electron chi connectivity index (χ4n) is 1.89. The number of H-pyrrole nitrogens is 1. The monoisotopic (exact) mass is 250 g/mol. The van der Waals surface area contributed by atoms with Gasteiger partial charge < -0.3 is 9.84 Å². The molecule has 18 heavy (non-hydrogen) atoms. The zero-order chi connectivity index (χ0) is 13.7. The zero-order valence-corrected chi connectivity index (χ0v) is 10.9. The summed E-state index contributed by atoms with van der Waals surface area (Å²) in [5.41, 5.74) is 0.871. The Morgan fingerprint density at radius 3 is 2.72 bits per heavy atom. The number of nitrogens with one attached hydrogen (secondary N) is 1. The van der Waals surface area contributed by atoms with E-state index in [4.69, 9.17) is 10.00 Å². The molecule has 1 heterocycles. The van der Waals surface area contributed by atoms with Crippen molar-refractivity contribution in [2.24, 2.45) is 0 Å². The van der Waals surface area contributed by atoms with Crippen LogP contribution in [0, 0.1) is 18.3 Å². The van der Waals surface area contributed by atoms with E-state index in [1.54, 1.807) is 6.92 Å². The summed E-state index contributed by atoms with van der Waals surface area (Å²) in [4.78, 5) is 13.6. The van der Waals surface area contributed by atoms with Gasteiger partial charge in [-0.1, -0.05) is 0 Å². The Morgan fingerprint density at radius 1 is 1.56 bits per heavy atom. The molecule has 1 aromatic rings. The maximum atomic E-state index is 11.2. The summed E-state index contributed by atoms with van der Waals surface area (Å²) in [6.45, 7) is 5.52. The van der Waals surface area contributed by atoms with Gasteiger partial charge in [-0.05, 0) is 32.8 Å². The van der Waals surface area contributed by atoms with E-state index >= 15 is 0 Å². The van der Waals surface area contributed by atoms with E-state index in [0.717, 1.165) is 0 Å². The number of nitrogens with zero attached hydrogens (tertiary/aromatic N) is 1. The van der Waals surface area contributed by atoms with E-state index in [1.165, 1.54) is 6.07 Å². The first-order valence-electron chi connectivity index (χ1n) is 5.91. The van der Waals surface area contributed by atoms with Gasteiger partial charge in [0, 0.05) is 18.1 Å². The molecule has 5 heteroatoms. The van der Waals surface area contributed by atoms with Crippen molar-refractivity contribution in [2.75, 3.05) is 0 Å². The summed E-state index contributed by atoms with van der Waals surface area (Å²) >= 11 is 0. The Morgan fingerprint density at radius 2 is 2.22 bits per heavy atom. The van der Waals surface area contributed by atoms with E-state index in [9.17, 15) is 9.90 Å². The summed E-state index contributed by atoms with van der Waals surface area (Å²) in [7, 11) is 0. The van der Waals surface area contributed by atoms with Gasteiger partial charge in [0.1, 0.15) is 0 Å². The second-order valence-corrected chi connectivity index (χ2v) is 4.45. The minimum Gasteiger partial charge on any atom is -0.494 e. The molecule has 1 unspecified atom stereocenters. The van der Waals surface area contributed by atoms with Crippen LogP contribution in [0.5, 0.6) is 5.88 Å². The lowest BCUT2D eigenvalue weighted by Gasteiger charge is -2.22. The quantitative estimate of drug-likeness (QED) is 0.838. The fourth-order valence-corrected chi connectivity index (χ4v) is 1.89. The SMILES string of the molecule is Cc1cc(=O)[nH]c(O)c1C(CCC#N)OC(C)C. The largest absolute Gasteiger partial charge is 0.494 e. The first kappa shape index (κ1) is 14.3. The lowest BCUT2D eigenvalue weighted by atomic mass is 10.0. The highest BCUT2D eigenvalue weighted by atomic mass is 16.5. The molecular weight excluding hydrogens is 232 g/mol. The van der Waals surface area contributed by atoms with Crippen LogP contribution in [0.15, 0.2) is 10.9 Å². The standard InChI is InChI=1S/C13H18N2O3/c1-8(2)18-10(5-4-6-14)12-9(3)7-11(16)15-13(12)17/h7-8,10H,4-5H2,1-3H3,(H2,15,16,17). The van der Waals surface area contributed by atoms with Crippen LogP contribution < -0.4 is 5.56 Å². The Labute approximate surface area is 106 Å². The van der Waals surface area contributed by atoms with Gasteiger partial charge in [0.2, 0.25) is 0 Å². The van der Waals surface area contributed by atoms with Gasteiger partial charge in [0.05, 0.1) is 18.3 Å². The van der Waals surface area contributed by atoms with Crippen LogP contribution in [0.3, 0.4) is 0 Å². The molecule has 0 radical (unpaired) electrons. The summed E-state index contributed by atoms with van der Waals surface area (Å²) in [6, 6.07) is 3.47. The van der Waals surface area contributed by atoms with Crippen LogP contribution in [-0.2, 0) is 4.74 Å². The van der Waals surface area contributed by atoms with Gasteiger partial charge in [-0.2, -0.15) is 5.26 Å². The van der Waals surface area contributed by atoms with Crippen molar-refractivity contribution in [1.82, 2.24) is 4.98 Å². The van der Waals surface area contributed by atoms with Crippen molar-refractivity contribution in [2.45, 2.75) is 45.8 Å². The molecule has 1 atom stereocenters. The average Bonchev–Trinajstić information content (AvgIpc) is 2.23. The summed E-state index contributed by atoms with van der Waals surface area (Å²) in [6.07, 6.45) is 0.394. The molecule has 0 aliphatic carbocycles. The normalized spacial score (nSPS) is 12.4. The van der Waals surface area contributed by atoms with Gasteiger partial charge in [0.25, 0.3) is 5.56 Å². The molecule has 0 saturated heterocycles. The lowest BCUT2D eigenvalue weighted by molar-refractivity contribution is 0.000674. The number of hydrogen-bond acceptors (Lipinski definition) is 4. The van der Waals surface area contributed by atoms with Gasteiger partial charge in [-0.15, -0.1) is 0 Å². The minimum absolute atomic E-state index is 0.0283. The molecule has 2 N–H and O–H groups in total. The van der Waals surface area contributed by atoms with E-state index in [-0.39, 0.29) is 23.6 Å². The molecule has 98 valence electrons. The van der Waals surface area contributed by atoms with Crippen molar-refractivity contribution < 1.29 is 9.84 Å². The molecule has 0 amide bonds. The van der Waals surface area contributed by atoms with E-state index in [1.807, 2.05) is 13.8 Å². The molecule has 0 saturated carbocycles. The summed E-state index contributed by atoms with van der Waals surface area (Å²) < 4.78 is 5.71. The van der Waals surface area contributed by atoms with Gasteiger partial charge in [-0.3, -0.25) is 9.78 Å². The Bertz CT molecular complexity index is 474. The maximum absolute atomic E-state index is 11.2. The molecule has 0 fully saturated rings. The number of hydrogen-bond donors (Lipinski definition) is 2. The Hall–Kier alpha value is -1.80. The third kappa shape index (κ3) is 3.60. The number of aromatic amines is 1. The van der Waals surface area contributed by atoms with Crippen molar-refractivity contribution in [1.29, 1.82) is 5.26 Å². The predicted molar refractivity (Wildman–Crippen MR) is 67.3 cm³/mol. The van der Waals surface area contributed by atoms with E-state index in [0.29, 0.717) is 24.0 Å². The van der Waals surface area contributed by atoms with Gasteiger partial charge >= 0.3 is 0 Å². The third-order valence-corrected chi connectivity index (χ3v) is 2.55. The molecule has 1 rings (SSSR count). The van der Waals surface area contributed by atoms with Crippen LogP contribution >= 0.6 is 0 Å². The van der Waals surface area contributed by atoms with Crippen LogP contribution in [0.2, 0.25) is 0 Å². The summed E-state index contributed by atoms with van der Waals surface area (Å²) in [5.74, 6) is -0.177. The molecule has 0 aliphatic rings. The lowest BCUT2D eigenvalue weighted by Crippen LogP contribution is -2.15. The second kappa shape index (κ2) is 6.22. The van der Waals surface area contributed by atoms with Gasteiger partial charge in [0.15, 0.2) is 5.88 Å². The number of aryl methyl sites for hydroxylation is 1. The van der Waals surface area contributed by atoms with Crippen molar-refractivity contribution in [3.63, 3.8) is 0 Å². The molecule has 0 bridgehead atoms. The van der Waals surface area contributed by atoms with Crippen molar-refractivity contribution in [3.8, 4) is 11.9 Å². The fraction of sp³-hybridized carbons (Fsp3) is 0.538. The van der Waals surface area contributed by atoms with Crippen LogP contribution in [-0.4, -0.2) is 16.2 Å². The highest BCUT2D eigenvalue weighted by molar-refractivity contribution is 5.34. The molecular formula is C13H18N2O3. The zero-order valence-electron chi connectivity index (χ0n) is 10.9. The number of aromatic hydroxyl groups is 1. The summed E-state index contributed by atoms with van der Waals surface area (Å²) in [5, 5.41) is 18.5. The molecule has 0 aromatic carbocycles. The molecule has 1 aromatic heterocycles. The minimum atomic E-state index is -0.388. The third-order valence-electron chi connectivity index (χ3n) is 2.55. The Balaban J connectivity index is 3.12. The molecule has 5 nitrogen and oxygen atoms in total. The first-order valence-corrected chi connectivity index (χ1v) is 5.91. The highest BCUT2D eigenvalue weighted by Crippen LogP contribution is 2.31. The highest BCUT2D eigenvalue weighted by Gasteiger charge is 2.20. The Kier molecular flexibility index (Phi) is 4.93. The van der Waals surface area contributed by atoms with Crippen LogP contribution in [0.4, 0.5) is 0 Å². The second-order valence-electron chi connectivity index (χ2n) is 4.45. The predicted octanol–water partition coefficient (Wildman–Crippen LogP) is 2.16. The number of ether oxygens (including phenoxy) is 1. The van der Waals surface area contributed by atoms with Crippen LogP contribution in [0.25, 0.3) is 0 Å². The average molecular weight is 250 g/mol. The van der Waals surface area contributed by atoms with Crippen LogP contribution in [0.1, 0.15) is 43.9 Å². The van der Waals surface area contributed by atoms with E-state index < -0.39 is 0 Å². The number of nitriles is 1. The number of pyridine rings is 1. The van der Waals surface area contributed by atoms with Crippen molar-refractivity contribution >= 4 is 0 Å². The van der Waals surface area contributed by atoms with Gasteiger partial charge in [-0.25, -0.2) is 0 Å². The molecule has 0 spiro atoms.